The molecule has 0 unspecified atom stereocenters. The molecule has 0 fully saturated rings. The van der Waals surface area contributed by atoms with Crippen LogP contribution in [-0.4, -0.2) is 27.2 Å². The maximum atomic E-state index is 12.7. The molecule has 0 aliphatic carbocycles. The summed E-state index contributed by atoms with van der Waals surface area (Å²) >= 11 is 0. The van der Waals surface area contributed by atoms with Crippen LogP contribution in [0, 0.1) is 6.92 Å². The summed E-state index contributed by atoms with van der Waals surface area (Å²) in [7, 11) is 4.66. The van der Waals surface area contributed by atoms with Crippen molar-refractivity contribution in [1.82, 2.24) is 5.32 Å². The van der Waals surface area contributed by atoms with Crippen molar-refractivity contribution >= 4 is 16.9 Å². The van der Waals surface area contributed by atoms with Gasteiger partial charge in [0, 0.05) is 41.3 Å². The summed E-state index contributed by atoms with van der Waals surface area (Å²) in [5.41, 5.74) is 3.10. The zero-order valence-corrected chi connectivity index (χ0v) is 20.5. The van der Waals surface area contributed by atoms with Gasteiger partial charge >= 0.3 is 5.63 Å². The summed E-state index contributed by atoms with van der Waals surface area (Å²) in [6.07, 6.45) is 0. The third kappa shape index (κ3) is 5.43. The molecule has 1 heterocycles. The Morgan fingerprint density at radius 1 is 0.861 bits per heavy atom. The largest absolute Gasteiger partial charge is 0.496 e. The molecule has 8 heteroatoms. The molecule has 4 aromatic rings. The van der Waals surface area contributed by atoms with Crippen molar-refractivity contribution in [2.24, 2.45) is 0 Å². The molecule has 4 rings (SSSR count). The molecule has 8 nitrogen and oxygen atoms in total. The van der Waals surface area contributed by atoms with Gasteiger partial charge in [0.1, 0.15) is 23.7 Å². The van der Waals surface area contributed by atoms with Gasteiger partial charge in [0.2, 0.25) is 0 Å². The second kappa shape index (κ2) is 10.9. The van der Waals surface area contributed by atoms with Crippen LogP contribution < -0.4 is 29.9 Å². The lowest BCUT2D eigenvalue weighted by molar-refractivity contribution is 0.0950. The van der Waals surface area contributed by atoms with Crippen LogP contribution in [-0.2, 0) is 13.2 Å². The number of fused-ring (bicyclic) bond motifs is 1. The van der Waals surface area contributed by atoms with Crippen LogP contribution >= 0.6 is 0 Å². The van der Waals surface area contributed by atoms with Crippen LogP contribution in [0.25, 0.3) is 11.0 Å². The number of amides is 1. The molecule has 0 aliphatic rings. The van der Waals surface area contributed by atoms with Crippen molar-refractivity contribution in [2.75, 3.05) is 21.3 Å². The Hall–Kier alpha value is -4.46. The van der Waals surface area contributed by atoms with Gasteiger partial charge in [-0.3, -0.25) is 4.79 Å². The van der Waals surface area contributed by atoms with E-state index in [0.717, 1.165) is 22.1 Å². The van der Waals surface area contributed by atoms with Crippen LogP contribution in [0.1, 0.15) is 27.0 Å². The average Bonchev–Trinajstić information content (AvgIpc) is 2.89. The third-order valence-electron chi connectivity index (χ3n) is 5.77. The molecule has 186 valence electrons. The molecular formula is C28H27NO7. The molecule has 1 aromatic heterocycles. The molecule has 0 atom stereocenters. The highest BCUT2D eigenvalue weighted by Crippen LogP contribution is 2.34. The minimum absolute atomic E-state index is 0.223. The van der Waals surface area contributed by atoms with E-state index in [-0.39, 0.29) is 12.5 Å². The van der Waals surface area contributed by atoms with Gasteiger partial charge in [0.15, 0.2) is 11.5 Å². The number of hydrogen-bond acceptors (Lipinski definition) is 7. The van der Waals surface area contributed by atoms with E-state index < -0.39 is 5.63 Å². The number of benzene rings is 3. The average molecular weight is 490 g/mol. The van der Waals surface area contributed by atoms with Gasteiger partial charge in [-0.1, -0.05) is 12.1 Å². The topological polar surface area (TPSA) is 96.2 Å². The maximum absolute atomic E-state index is 12.7. The zero-order valence-electron chi connectivity index (χ0n) is 20.5. The SMILES string of the molecule is COc1cc(OC)c(OC)cc1CNC(=O)c1ccc(COc2ccc3c(C)cc(=O)oc3c2)cc1. The first-order chi connectivity index (χ1) is 17.4. The molecule has 36 heavy (non-hydrogen) atoms. The number of hydrogen-bond donors (Lipinski definition) is 1. The summed E-state index contributed by atoms with van der Waals surface area (Å²) in [6, 6.07) is 17.5. The van der Waals surface area contributed by atoms with E-state index in [1.165, 1.54) is 6.07 Å². The van der Waals surface area contributed by atoms with Crippen LogP contribution in [0.5, 0.6) is 23.0 Å². The van der Waals surface area contributed by atoms with E-state index in [2.05, 4.69) is 5.32 Å². The van der Waals surface area contributed by atoms with Crippen molar-refractivity contribution in [3.63, 3.8) is 0 Å². The molecule has 1 N–H and O–H groups in total. The second-order valence-electron chi connectivity index (χ2n) is 8.09. The third-order valence-corrected chi connectivity index (χ3v) is 5.77. The minimum atomic E-state index is -0.393. The van der Waals surface area contributed by atoms with Crippen molar-refractivity contribution in [3.8, 4) is 23.0 Å². The van der Waals surface area contributed by atoms with Crippen LogP contribution in [0.2, 0.25) is 0 Å². The highest BCUT2D eigenvalue weighted by atomic mass is 16.5. The highest BCUT2D eigenvalue weighted by molar-refractivity contribution is 5.94. The Morgan fingerprint density at radius 2 is 1.56 bits per heavy atom. The quantitative estimate of drug-likeness (QED) is 0.342. The van der Waals surface area contributed by atoms with Gasteiger partial charge in [-0.05, 0) is 48.4 Å². The number of rotatable bonds is 9. The van der Waals surface area contributed by atoms with Crippen molar-refractivity contribution in [3.05, 3.63) is 93.3 Å². The summed E-state index contributed by atoms with van der Waals surface area (Å²) in [4.78, 5) is 24.3. The number of aryl methyl sites for hydroxylation is 1. The number of carbonyl (C=O) groups excluding carboxylic acids is 1. The van der Waals surface area contributed by atoms with E-state index in [9.17, 15) is 9.59 Å². The van der Waals surface area contributed by atoms with Gasteiger partial charge in [0.05, 0.1) is 21.3 Å². The predicted octanol–water partition coefficient (Wildman–Crippen LogP) is 4.64. The van der Waals surface area contributed by atoms with E-state index in [4.69, 9.17) is 23.4 Å². The lowest BCUT2D eigenvalue weighted by Crippen LogP contribution is -2.23. The smallest absolute Gasteiger partial charge is 0.336 e. The molecule has 0 spiro atoms. The molecule has 1 amide bonds. The predicted molar refractivity (Wildman–Crippen MR) is 135 cm³/mol. The lowest BCUT2D eigenvalue weighted by atomic mass is 10.1. The summed E-state index contributed by atoms with van der Waals surface area (Å²) < 4.78 is 27.2. The molecule has 0 saturated carbocycles. The van der Waals surface area contributed by atoms with Gasteiger partial charge in [-0.25, -0.2) is 4.79 Å². The molecule has 3 aromatic carbocycles. The number of methoxy groups -OCH3 is 3. The van der Waals surface area contributed by atoms with Crippen molar-refractivity contribution in [2.45, 2.75) is 20.1 Å². The van der Waals surface area contributed by atoms with E-state index in [0.29, 0.717) is 40.8 Å². The first kappa shape index (κ1) is 24.7. The molecule has 0 saturated heterocycles. The first-order valence-electron chi connectivity index (χ1n) is 11.2. The maximum Gasteiger partial charge on any atom is 0.336 e. The Labute approximate surface area is 208 Å². The van der Waals surface area contributed by atoms with Gasteiger partial charge in [-0.2, -0.15) is 0 Å². The van der Waals surface area contributed by atoms with E-state index in [1.54, 1.807) is 51.7 Å². The standard InChI is InChI=1S/C28H27NO7/c1-17-11-27(30)36-24-13-21(9-10-22(17)24)35-16-18-5-7-19(8-6-18)28(31)29-15-20-12-25(33-3)26(34-4)14-23(20)32-2/h5-14H,15-16H2,1-4H3,(H,29,31). The number of nitrogens with one attached hydrogen (secondary N) is 1. The van der Waals surface area contributed by atoms with Crippen LogP contribution in [0.15, 0.2) is 69.9 Å². The fraction of sp³-hybridized carbons (Fsp3) is 0.214. The number of ether oxygens (including phenoxy) is 4. The summed E-state index contributed by atoms with van der Waals surface area (Å²) in [5, 5.41) is 3.76. The molecule has 0 bridgehead atoms. The zero-order chi connectivity index (χ0) is 25.7. The fourth-order valence-electron chi connectivity index (χ4n) is 3.82. The normalized spacial score (nSPS) is 10.7. The van der Waals surface area contributed by atoms with E-state index in [1.807, 2.05) is 31.2 Å². The Morgan fingerprint density at radius 3 is 2.25 bits per heavy atom. The monoisotopic (exact) mass is 489 g/mol. The highest BCUT2D eigenvalue weighted by Gasteiger charge is 2.13. The Kier molecular flexibility index (Phi) is 7.44. The molecular weight excluding hydrogens is 462 g/mol. The van der Waals surface area contributed by atoms with Gasteiger partial charge in [0.25, 0.3) is 5.91 Å². The van der Waals surface area contributed by atoms with Crippen LogP contribution in [0.3, 0.4) is 0 Å². The summed E-state index contributed by atoms with van der Waals surface area (Å²) in [6.45, 7) is 2.42. The lowest BCUT2D eigenvalue weighted by Gasteiger charge is -2.14. The summed E-state index contributed by atoms with van der Waals surface area (Å²) in [5.74, 6) is 2.05. The van der Waals surface area contributed by atoms with E-state index >= 15 is 0 Å². The minimum Gasteiger partial charge on any atom is -0.496 e. The number of carbonyl (C=O) groups is 1. The second-order valence-corrected chi connectivity index (χ2v) is 8.09. The van der Waals surface area contributed by atoms with Gasteiger partial charge < -0.3 is 28.7 Å². The van der Waals surface area contributed by atoms with Crippen LogP contribution in [0.4, 0.5) is 0 Å². The Bertz CT molecular complexity index is 1440. The van der Waals surface area contributed by atoms with Crippen molar-refractivity contribution < 1.29 is 28.2 Å². The first-order valence-corrected chi connectivity index (χ1v) is 11.2. The fourth-order valence-corrected chi connectivity index (χ4v) is 3.82. The van der Waals surface area contributed by atoms with Crippen molar-refractivity contribution in [1.29, 1.82) is 0 Å². The van der Waals surface area contributed by atoms with Gasteiger partial charge in [-0.15, -0.1) is 0 Å². The Balaban J connectivity index is 1.38. The molecule has 0 aliphatic heterocycles. The molecule has 0 radical (unpaired) electrons.